The molecule has 2 aliphatic heterocycles. The Morgan fingerprint density at radius 3 is 2.10 bits per heavy atom. The van der Waals surface area contributed by atoms with Crippen LogP contribution < -0.4 is 0 Å². The molecule has 4 aromatic carbocycles. The number of nitrogens with zero attached hydrogens (tertiary/aromatic N) is 6. The van der Waals surface area contributed by atoms with Gasteiger partial charge in [-0.3, -0.25) is 4.79 Å². The van der Waals surface area contributed by atoms with Crippen LogP contribution in [-0.4, -0.2) is 90.9 Å². The van der Waals surface area contributed by atoms with Crippen molar-refractivity contribution in [3.8, 4) is 22.3 Å². The Labute approximate surface area is 365 Å². The fourth-order valence-electron chi connectivity index (χ4n) is 8.66. The fourth-order valence-corrected chi connectivity index (χ4v) is 8.66. The van der Waals surface area contributed by atoms with E-state index in [4.69, 9.17) is 14.2 Å². The molecule has 2 fully saturated rings. The summed E-state index contributed by atoms with van der Waals surface area (Å²) in [7, 11) is 0. The van der Waals surface area contributed by atoms with Gasteiger partial charge in [-0.15, -0.1) is 0 Å². The van der Waals surface area contributed by atoms with E-state index in [1.807, 2.05) is 87.7 Å². The van der Waals surface area contributed by atoms with Gasteiger partial charge < -0.3 is 33.1 Å². The van der Waals surface area contributed by atoms with Crippen molar-refractivity contribution >= 4 is 18.0 Å². The number of hydrogen-bond donors (Lipinski definition) is 0. The summed E-state index contributed by atoms with van der Waals surface area (Å²) in [6.07, 6.45) is 5.97. The van der Waals surface area contributed by atoms with E-state index in [0.717, 1.165) is 27.8 Å². The monoisotopic (exact) mass is 856 g/mol. The molecule has 2 amide bonds. The maximum atomic E-state index is 15.0. The summed E-state index contributed by atoms with van der Waals surface area (Å²) in [6.45, 7) is 10.7. The van der Waals surface area contributed by atoms with Gasteiger partial charge in [0.2, 0.25) is 0 Å². The Hall–Kier alpha value is -6.67. The molecule has 2 aliphatic rings. The highest BCUT2D eigenvalue weighted by atomic mass is 19.1. The number of imidazole rings is 2. The molecule has 0 saturated carbocycles. The van der Waals surface area contributed by atoms with Gasteiger partial charge in [-0.1, -0.05) is 66.7 Å². The third-order valence-electron chi connectivity index (χ3n) is 11.8. The van der Waals surface area contributed by atoms with Crippen LogP contribution in [0.5, 0.6) is 0 Å². The number of rotatable bonds is 10. The smallest absolute Gasteiger partial charge is 0.410 e. The van der Waals surface area contributed by atoms with Crippen molar-refractivity contribution in [3.05, 3.63) is 156 Å². The van der Waals surface area contributed by atoms with Gasteiger partial charge in [-0.2, -0.15) is 0 Å². The molecule has 6 aromatic rings. The lowest BCUT2D eigenvalue weighted by atomic mass is 9.92. The minimum Gasteiger partial charge on any atom is -0.456 e. The second kappa shape index (κ2) is 18.0. The van der Waals surface area contributed by atoms with Crippen LogP contribution in [0.1, 0.15) is 90.8 Å². The van der Waals surface area contributed by atoms with Gasteiger partial charge in [-0.25, -0.2) is 28.3 Å². The first-order valence-corrected chi connectivity index (χ1v) is 21.1. The van der Waals surface area contributed by atoms with Crippen LogP contribution in [0.2, 0.25) is 0 Å². The molecule has 0 aliphatic carbocycles. The van der Waals surface area contributed by atoms with Crippen molar-refractivity contribution in [1.82, 2.24) is 28.9 Å². The van der Waals surface area contributed by atoms with E-state index in [1.54, 1.807) is 51.4 Å². The molecular formula is C49H50F2N6O6. The summed E-state index contributed by atoms with van der Waals surface area (Å²) in [4.78, 5) is 53.2. The van der Waals surface area contributed by atoms with Gasteiger partial charge >= 0.3 is 12.1 Å². The van der Waals surface area contributed by atoms with Gasteiger partial charge in [-0.05, 0) is 98.7 Å². The van der Waals surface area contributed by atoms with Crippen LogP contribution in [0.4, 0.5) is 13.6 Å². The summed E-state index contributed by atoms with van der Waals surface area (Å²) in [5.74, 6) is -1.68. The second-order valence-electron chi connectivity index (χ2n) is 17.0. The molecule has 0 radical (unpaired) electrons. The number of halogens is 2. The Morgan fingerprint density at radius 1 is 0.778 bits per heavy atom. The van der Waals surface area contributed by atoms with E-state index in [-0.39, 0.29) is 48.3 Å². The molecule has 14 heteroatoms. The molecule has 4 heterocycles. The normalized spacial score (nSPS) is 17.4. The van der Waals surface area contributed by atoms with Gasteiger partial charge in [0.25, 0.3) is 5.91 Å². The molecule has 326 valence electrons. The highest BCUT2D eigenvalue weighted by molar-refractivity contribution is 5.93. The number of likely N-dealkylation sites (tertiary alicyclic amines) is 1. The molecule has 8 rings (SSSR count). The first-order valence-electron chi connectivity index (χ1n) is 21.1. The maximum Gasteiger partial charge on any atom is 0.410 e. The predicted molar refractivity (Wildman–Crippen MR) is 232 cm³/mol. The van der Waals surface area contributed by atoms with Crippen LogP contribution in [0.3, 0.4) is 0 Å². The first-order chi connectivity index (χ1) is 30.3. The van der Waals surface area contributed by atoms with E-state index in [1.165, 1.54) is 30.5 Å². The van der Waals surface area contributed by atoms with E-state index in [2.05, 4.69) is 9.97 Å². The number of ether oxygens (including phenoxy) is 3. The van der Waals surface area contributed by atoms with Crippen LogP contribution >= 0.6 is 0 Å². The largest absolute Gasteiger partial charge is 0.456 e. The van der Waals surface area contributed by atoms with E-state index in [9.17, 15) is 23.2 Å². The Kier molecular flexibility index (Phi) is 12.3. The average Bonchev–Trinajstić information content (AvgIpc) is 3.98. The zero-order valence-corrected chi connectivity index (χ0v) is 35.9. The number of hydrogen-bond acceptors (Lipinski definition) is 8. The standard InChI is InChI=1S/C49H50F2N6O6/c1-31(37-10-6-8-12-39(37)33-14-16-35(50)17-15-33)57-30-53-26-44(57)47(59)62-28-34-24-36(51)18-19-40(34)41-13-9-7-11-38(41)32(2)56-29-52-25-43(56)46(58)54-21-20-42-45(27-54)61-23-22-55(42)48(60)63-49(3,4)5/h6-19,24-26,29-32,42,45H,20-23,27-28H2,1-5H3. The number of piperidine rings is 1. The number of aromatic nitrogens is 4. The highest BCUT2D eigenvalue weighted by Crippen LogP contribution is 2.36. The summed E-state index contributed by atoms with van der Waals surface area (Å²) >= 11 is 0. The van der Waals surface area contributed by atoms with E-state index >= 15 is 0 Å². The number of carbonyl (C=O) groups excluding carboxylic acids is 3. The quantitative estimate of drug-likeness (QED) is 0.125. The number of amides is 2. The molecular weight excluding hydrogens is 807 g/mol. The Bertz CT molecular complexity index is 2620. The molecule has 0 spiro atoms. The van der Waals surface area contributed by atoms with Gasteiger partial charge in [0.1, 0.15) is 35.2 Å². The molecule has 2 aromatic heterocycles. The molecule has 12 nitrogen and oxygen atoms in total. The zero-order valence-electron chi connectivity index (χ0n) is 35.9. The van der Waals surface area contributed by atoms with Gasteiger partial charge in [0, 0.05) is 25.2 Å². The van der Waals surface area contributed by atoms with Crippen molar-refractivity contribution in [2.45, 2.75) is 77.5 Å². The summed E-state index contributed by atoms with van der Waals surface area (Å²) in [6, 6.07) is 25.0. The Morgan fingerprint density at radius 2 is 1.40 bits per heavy atom. The topological polar surface area (TPSA) is 121 Å². The lowest BCUT2D eigenvalue weighted by Crippen LogP contribution is -2.61. The third kappa shape index (κ3) is 9.12. The summed E-state index contributed by atoms with van der Waals surface area (Å²) in [5, 5.41) is 0. The third-order valence-corrected chi connectivity index (χ3v) is 11.8. The summed E-state index contributed by atoms with van der Waals surface area (Å²) in [5.41, 5.74) is 5.26. The maximum absolute atomic E-state index is 15.0. The predicted octanol–water partition coefficient (Wildman–Crippen LogP) is 9.12. The average molecular weight is 857 g/mol. The molecule has 0 bridgehead atoms. The van der Waals surface area contributed by atoms with E-state index in [0.29, 0.717) is 49.5 Å². The van der Waals surface area contributed by atoms with Crippen molar-refractivity contribution in [2.75, 3.05) is 26.2 Å². The van der Waals surface area contributed by atoms with E-state index < -0.39 is 23.4 Å². The van der Waals surface area contributed by atoms with Gasteiger partial charge in [0.15, 0.2) is 0 Å². The number of fused-ring (bicyclic) bond motifs is 1. The molecule has 63 heavy (non-hydrogen) atoms. The molecule has 4 unspecified atom stereocenters. The lowest BCUT2D eigenvalue weighted by Gasteiger charge is -2.46. The highest BCUT2D eigenvalue weighted by Gasteiger charge is 2.42. The minimum absolute atomic E-state index is 0.209. The van der Waals surface area contributed by atoms with Crippen molar-refractivity contribution < 1.29 is 37.4 Å². The molecule has 4 atom stereocenters. The molecule has 2 saturated heterocycles. The van der Waals surface area contributed by atoms with Gasteiger partial charge in [0.05, 0.1) is 55.9 Å². The van der Waals surface area contributed by atoms with Crippen molar-refractivity contribution in [1.29, 1.82) is 0 Å². The van der Waals surface area contributed by atoms with Crippen LogP contribution in [0.25, 0.3) is 22.3 Å². The van der Waals surface area contributed by atoms with Crippen molar-refractivity contribution in [2.24, 2.45) is 0 Å². The number of morpholine rings is 1. The van der Waals surface area contributed by atoms with Crippen LogP contribution in [0, 0.1) is 11.6 Å². The Balaban J connectivity index is 0.994. The SMILES string of the molecule is CC(c1ccccc1-c1ccc(F)cc1)n1cncc1C(=O)OCc1cc(F)ccc1-c1ccccc1C(C)n1cncc1C(=O)N1CCC2C(C1)OCCN2C(=O)OC(C)(C)C. The first kappa shape index (κ1) is 43.0. The van der Waals surface area contributed by atoms with Crippen LogP contribution in [0.15, 0.2) is 116 Å². The number of benzene rings is 4. The molecule has 0 N–H and O–H groups in total. The van der Waals surface area contributed by atoms with Crippen molar-refractivity contribution in [3.63, 3.8) is 0 Å². The number of carbonyl (C=O) groups is 3. The number of esters is 1. The fraction of sp³-hybridized carbons (Fsp3) is 0.327. The summed E-state index contributed by atoms with van der Waals surface area (Å²) < 4.78 is 50.0. The lowest BCUT2D eigenvalue weighted by molar-refractivity contribution is -0.0988. The second-order valence-corrected chi connectivity index (χ2v) is 17.0. The zero-order chi connectivity index (χ0) is 44.4. The minimum atomic E-state index is -0.641. The van der Waals surface area contributed by atoms with Crippen LogP contribution in [-0.2, 0) is 20.8 Å².